The summed E-state index contributed by atoms with van der Waals surface area (Å²) < 4.78 is 65.6. The summed E-state index contributed by atoms with van der Waals surface area (Å²) in [6, 6.07) is 4.29. The average Bonchev–Trinajstić information content (AvgIpc) is 2.29. The summed E-state index contributed by atoms with van der Waals surface area (Å²) in [5.74, 6) is -6.88. The maximum atomic E-state index is 13.4. The first-order chi connectivity index (χ1) is 8.02. The number of hydrogen-bond donors (Lipinski definition) is 0. The van der Waals surface area contributed by atoms with E-state index in [2.05, 4.69) is 0 Å². The molecule has 0 amide bonds. The van der Waals surface area contributed by atoms with Gasteiger partial charge in [0.1, 0.15) is 11.6 Å². The van der Waals surface area contributed by atoms with Gasteiger partial charge in [0.15, 0.2) is 17.5 Å². The molecule has 0 atom stereocenters. The highest BCUT2D eigenvalue weighted by Gasteiger charge is 2.19. The van der Waals surface area contributed by atoms with Crippen LogP contribution in [0.15, 0.2) is 30.3 Å². The van der Waals surface area contributed by atoms with E-state index in [-0.39, 0.29) is 0 Å². The Hall–Kier alpha value is -1.91. The second-order valence-electron chi connectivity index (χ2n) is 3.32. The second-order valence-corrected chi connectivity index (χ2v) is 3.32. The Labute approximate surface area is 93.3 Å². The summed E-state index contributed by atoms with van der Waals surface area (Å²) in [5.41, 5.74) is -1.37. The first-order valence-electron chi connectivity index (χ1n) is 4.60. The molecule has 88 valence electrons. The molecular weight excluding hydrogens is 239 g/mol. The topological polar surface area (TPSA) is 0 Å². The lowest BCUT2D eigenvalue weighted by Gasteiger charge is -2.07. The number of benzene rings is 2. The van der Waals surface area contributed by atoms with Crippen LogP contribution in [0.3, 0.4) is 0 Å². The summed E-state index contributed by atoms with van der Waals surface area (Å²) >= 11 is 0. The minimum Gasteiger partial charge on any atom is -0.206 e. The first-order valence-corrected chi connectivity index (χ1v) is 4.60. The van der Waals surface area contributed by atoms with E-state index >= 15 is 0 Å². The summed E-state index contributed by atoms with van der Waals surface area (Å²) in [6.45, 7) is 0. The van der Waals surface area contributed by atoms with Gasteiger partial charge in [0.05, 0.1) is 5.56 Å². The lowest BCUT2D eigenvalue weighted by Crippen LogP contribution is -1.97. The highest BCUT2D eigenvalue weighted by Crippen LogP contribution is 2.30. The van der Waals surface area contributed by atoms with Crippen LogP contribution in [-0.2, 0) is 0 Å². The normalized spacial score (nSPS) is 10.6. The summed E-state index contributed by atoms with van der Waals surface area (Å²) in [5, 5.41) is 0. The highest BCUT2D eigenvalue weighted by molar-refractivity contribution is 5.65. The number of rotatable bonds is 1. The van der Waals surface area contributed by atoms with E-state index in [0.717, 1.165) is 24.3 Å². The van der Waals surface area contributed by atoms with Crippen LogP contribution < -0.4 is 0 Å². The van der Waals surface area contributed by atoms with Crippen molar-refractivity contribution in [2.45, 2.75) is 0 Å². The van der Waals surface area contributed by atoms with Crippen molar-refractivity contribution in [3.8, 4) is 11.1 Å². The summed E-state index contributed by atoms with van der Waals surface area (Å²) in [7, 11) is 0. The van der Waals surface area contributed by atoms with Crippen molar-refractivity contribution in [1.82, 2.24) is 0 Å². The molecule has 0 aliphatic carbocycles. The van der Waals surface area contributed by atoms with Crippen LogP contribution in [0.4, 0.5) is 22.0 Å². The van der Waals surface area contributed by atoms with Crippen LogP contribution in [0, 0.1) is 29.1 Å². The Morgan fingerprint density at radius 3 is 1.76 bits per heavy atom. The molecule has 2 aromatic rings. The maximum Gasteiger partial charge on any atom is 0.195 e. The molecule has 0 radical (unpaired) electrons. The van der Waals surface area contributed by atoms with Gasteiger partial charge in [-0.1, -0.05) is 6.07 Å². The fraction of sp³-hybridized carbons (Fsp3) is 0. The Kier molecular flexibility index (Phi) is 2.83. The van der Waals surface area contributed by atoms with Gasteiger partial charge in [-0.2, -0.15) is 0 Å². The fourth-order valence-electron chi connectivity index (χ4n) is 1.47. The lowest BCUT2D eigenvalue weighted by atomic mass is 10.0. The van der Waals surface area contributed by atoms with Gasteiger partial charge >= 0.3 is 0 Å². The SMILES string of the molecule is Fc1ccc(-c2c(F)cccc2F)c(F)c1F. The number of halogens is 5. The van der Waals surface area contributed by atoms with Crippen molar-refractivity contribution >= 4 is 0 Å². The molecule has 0 spiro atoms. The molecule has 0 aliphatic rings. The van der Waals surface area contributed by atoms with Crippen molar-refractivity contribution in [2.75, 3.05) is 0 Å². The zero-order valence-electron chi connectivity index (χ0n) is 8.28. The zero-order chi connectivity index (χ0) is 12.6. The molecule has 17 heavy (non-hydrogen) atoms. The quantitative estimate of drug-likeness (QED) is 0.524. The first kappa shape index (κ1) is 11.6. The molecule has 0 bridgehead atoms. The molecule has 5 heteroatoms. The Morgan fingerprint density at radius 2 is 1.18 bits per heavy atom. The van der Waals surface area contributed by atoms with Crippen LogP contribution in [0.25, 0.3) is 11.1 Å². The fourth-order valence-corrected chi connectivity index (χ4v) is 1.47. The molecule has 0 nitrogen and oxygen atoms in total. The predicted molar refractivity (Wildman–Crippen MR) is 51.7 cm³/mol. The summed E-state index contributed by atoms with van der Waals surface area (Å²) in [4.78, 5) is 0. The third kappa shape index (κ3) is 1.88. The smallest absolute Gasteiger partial charge is 0.195 e. The van der Waals surface area contributed by atoms with E-state index in [1.807, 2.05) is 0 Å². The number of hydrogen-bond acceptors (Lipinski definition) is 0. The van der Waals surface area contributed by atoms with Gasteiger partial charge in [0, 0.05) is 5.56 Å². The zero-order valence-corrected chi connectivity index (χ0v) is 8.28. The van der Waals surface area contributed by atoms with Gasteiger partial charge in [0.25, 0.3) is 0 Å². The van der Waals surface area contributed by atoms with Crippen LogP contribution in [0.5, 0.6) is 0 Å². The molecule has 0 unspecified atom stereocenters. The van der Waals surface area contributed by atoms with Gasteiger partial charge in [-0.3, -0.25) is 0 Å². The molecule has 0 heterocycles. The average molecular weight is 244 g/mol. The molecule has 0 saturated heterocycles. The minimum absolute atomic E-state index is 0.611. The Balaban J connectivity index is 2.74. The van der Waals surface area contributed by atoms with Crippen molar-refractivity contribution in [3.63, 3.8) is 0 Å². The van der Waals surface area contributed by atoms with Crippen molar-refractivity contribution in [3.05, 3.63) is 59.4 Å². The third-order valence-corrected chi connectivity index (χ3v) is 2.27. The Bertz CT molecular complexity index is 557. The van der Waals surface area contributed by atoms with Gasteiger partial charge in [-0.15, -0.1) is 0 Å². The summed E-state index contributed by atoms with van der Waals surface area (Å²) in [6.07, 6.45) is 0. The van der Waals surface area contributed by atoms with E-state index in [1.54, 1.807) is 0 Å². The molecule has 0 N–H and O–H groups in total. The monoisotopic (exact) mass is 244 g/mol. The predicted octanol–water partition coefficient (Wildman–Crippen LogP) is 4.05. The maximum absolute atomic E-state index is 13.4. The van der Waals surface area contributed by atoms with Gasteiger partial charge in [-0.05, 0) is 24.3 Å². The molecule has 0 fully saturated rings. The van der Waals surface area contributed by atoms with Gasteiger partial charge in [-0.25, -0.2) is 22.0 Å². The van der Waals surface area contributed by atoms with Crippen LogP contribution in [0.2, 0.25) is 0 Å². The molecule has 0 aliphatic heterocycles. The van der Waals surface area contributed by atoms with Crippen LogP contribution in [-0.4, -0.2) is 0 Å². The van der Waals surface area contributed by atoms with Crippen molar-refractivity contribution in [1.29, 1.82) is 0 Å². The van der Waals surface area contributed by atoms with Crippen molar-refractivity contribution in [2.24, 2.45) is 0 Å². The van der Waals surface area contributed by atoms with Crippen molar-refractivity contribution < 1.29 is 22.0 Å². The molecule has 0 aromatic heterocycles. The van der Waals surface area contributed by atoms with Gasteiger partial charge in [0.2, 0.25) is 0 Å². The van der Waals surface area contributed by atoms with E-state index < -0.39 is 40.2 Å². The molecule has 2 rings (SSSR count). The Morgan fingerprint density at radius 1 is 0.588 bits per heavy atom. The van der Waals surface area contributed by atoms with Gasteiger partial charge < -0.3 is 0 Å². The second kappa shape index (κ2) is 4.16. The van der Waals surface area contributed by atoms with Crippen LogP contribution in [0.1, 0.15) is 0 Å². The lowest BCUT2D eigenvalue weighted by molar-refractivity contribution is 0.448. The highest BCUT2D eigenvalue weighted by atomic mass is 19.2. The van der Waals surface area contributed by atoms with E-state index in [0.29, 0.717) is 6.07 Å². The standard InChI is InChI=1S/C12H5F5/c13-7-2-1-3-8(14)10(7)6-4-5-9(15)12(17)11(6)16/h1-5H. The molecule has 2 aromatic carbocycles. The van der Waals surface area contributed by atoms with E-state index in [4.69, 9.17) is 0 Å². The molecular formula is C12H5F5. The minimum atomic E-state index is -1.76. The van der Waals surface area contributed by atoms with E-state index in [9.17, 15) is 22.0 Å². The third-order valence-electron chi connectivity index (χ3n) is 2.27. The van der Waals surface area contributed by atoms with Crippen LogP contribution >= 0.6 is 0 Å². The largest absolute Gasteiger partial charge is 0.206 e. The molecule has 0 saturated carbocycles. The van der Waals surface area contributed by atoms with E-state index in [1.165, 1.54) is 0 Å².